The summed E-state index contributed by atoms with van der Waals surface area (Å²) >= 11 is 0. The number of rotatable bonds is 5. The second kappa shape index (κ2) is 6.58. The molecular formula is C17H34N2. The van der Waals surface area contributed by atoms with Crippen molar-refractivity contribution in [1.29, 1.82) is 0 Å². The van der Waals surface area contributed by atoms with E-state index in [4.69, 9.17) is 0 Å². The summed E-state index contributed by atoms with van der Waals surface area (Å²) in [6, 6.07) is 0.720. The van der Waals surface area contributed by atoms with Crippen LogP contribution in [0.1, 0.15) is 59.8 Å². The molecule has 2 atom stereocenters. The quantitative estimate of drug-likeness (QED) is 0.819. The third kappa shape index (κ3) is 5.07. The van der Waals surface area contributed by atoms with Crippen LogP contribution in [0.25, 0.3) is 0 Å². The van der Waals surface area contributed by atoms with Crippen LogP contribution in [-0.4, -0.2) is 37.1 Å². The highest BCUT2D eigenvalue weighted by atomic mass is 15.2. The lowest BCUT2D eigenvalue weighted by molar-refractivity contribution is 0.0972. The molecule has 0 radical (unpaired) electrons. The van der Waals surface area contributed by atoms with Gasteiger partial charge in [-0.1, -0.05) is 40.5 Å². The number of piperidine rings is 1. The summed E-state index contributed by atoms with van der Waals surface area (Å²) in [5, 5.41) is 3.82. The Kier molecular flexibility index (Phi) is 5.30. The molecule has 2 aliphatic rings. The Hall–Kier alpha value is -0.0800. The summed E-state index contributed by atoms with van der Waals surface area (Å²) < 4.78 is 0. The van der Waals surface area contributed by atoms with Crippen molar-refractivity contribution in [2.24, 2.45) is 17.3 Å². The summed E-state index contributed by atoms with van der Waals surface area (Å²) in [5.74, 6) is 1.92. The van der Waals surface area contributed by atoms with Crippen LogP contribution in [-0.2, 0) is 0 Å². The van der Waals surface area contributed by atoms with Crippen molar-refractivity contribution in [3.8, 4) is 0 Å². The van der Waals surface area contributed by atoms with E-state index >= 15 is 0 Å². The average molecular weight is 266 g/mol. The lowest BCUT2D eigenvalue weighted by atomic mass is 9.83. The van der Waals surface area contributed by atoms with E-state index in [-0.39, 0.29) is 0 Å². The van der Waals surface area contributed by atoms with E-state index in [0.717, 1.165) is 24.4 Å². The van der Waals surface area contributed by atoms with Crippen molar-refractivity contribution in [1.82, 2.24) is 10.2 Å². The van der Waals surface area contributed by atoms with Crippen molar-refractivity contribution in [3.63, 3.8) is 0 Å². The molecule has 0 spiro atoms. The Bertz CT molecular complexity index is 263. The molecule has 112 valence electrons. The van der Waals surface area contributed by atoms with Crippen molar-refractivity contribution in [2.45, 2.75) is 65.8 Å². The SMILES string of the molecule is CCC1CC(NCC(C)(C)C)CN(CC2CCC2)C1. The molecule has 0 aromatic heterocycles. The van der Waals surface area contributed by atoms with Gasteiger partial charge in [-0.25, -0.2) is 0 Å². The van der Waals surface area contributed by atoms with Gasteiger partial charge >= 0.3 is 0 Å². The Morgan fingerprint density at radius 3 is 2.37 bits per heavy atom. The first-order chi connectivity index (χ1) is 8.96. The van der Waals surface area contributed by atoms with E-state index in [9.17, 15) is 0 Å². The van der Waals surface area contributed by atoms with Gasteiger partial charge in [0.15, 0.2) is 0 Å². The largest absolute Gasteiger partial charge is 0.312 e. The molecule has 1 saturated heterocycles. The van der Waals surface area contributed by atoms with Crippen LogP contribution in [0.5, 0.6) is 0 Å². The molecule has 1 N–H and O–H groups in total. The third-order valence-corrected chi connectivity index (χ3v) is 4.85. The monoisotopic (exact) mass is 266 g/mol. The molecule has 0 amide bonds. The first kappa shape index (κ1) is 15.3. The first-order valence-corrected chi connectivity index (χ1v) is 8.42. The number of nitrogens with zero attached hydrogens (tertiary/aromatic N) is 1. The predicted octanol–water partition coefficient (Wildman–Crippen LogP) is 3.52. The number of hydrogen-bond donors (Lipinski definition) is 1. The van der Waals surface area contributed by atoms with Crippen LogP contribution >= 0.6 is 0 Å². The Morgan fingerprint density at radius 2 is 1.84 bits per heavy atom. The fourth-order valence-electron chi connectivity index (χ4n) is 3.39. The molecule has 2 nitrogen and oxygen atoms in total. The number of hydrogen-bond acceptors (Lipinski definition) is 2. The normalized spacial score (nSPS) is 30.3. The number of likely N-dealkylation sites (tertiary alicyclic amines) is 1. The van der Waals surface area contributed by atoms with E-state index < -0.39 is 0 Å². The first-order valence-electron chi connectivity index (χ1n) is 8.42. The van der Waals surface area contributed by atoms with Crippen molar-refractivity contribution >= 4 is 0 Å². The van der Waals surface area contributed by atoms with Gasteiger partial charge in [0.2, 0.25) is 0 Å². The zero-order chi connectivity index (χ0) is 13.9. The van der Waals surface area contributed by atoms with Gasteiger partial charge in [0.25, 0.3) is 0 Å². The zero-order valence-corrected chi connectivity index (χ0v) is 13.5. The standard InChI is InChI=1S/C17H34N2/c1-5-14-9-16(18-13-17(2,3)4)12-19(10-14)11-15-7-6-8-15/h14-16,18H,5-13H2,1-4H3. The predicted molar refractivity (Wildman–Crippen MR) is 83.4 cm³/mol. The van der Waals surface area contributed by atoms with E-state index in [2.05, 4.69) is 37.9 Å². The second-order valence-electron chi connectivity index (χ2n) is 8.16. The molecule has 2 heteroatoms. The third-order valence-electron chi connectivity index (χ3n) is 4.85. The zero-order valence-electron chi connectivity index (χ0n) is 13.5. The summed E-state index contributed by atoms with van der Waals surface area (Å²) in [6.45, 7) is 14.5. The van der Waals surface area contributed by atoms with Crippen LogP contribution in [0.4, 0.5) is 0 Å². The summed E-state index contributed by atoms with van der Waals surface area (Å²) in [6.07, 6.45) is 7.16. The van der Waals surface area contributed by atoms with Crippen LogP contribution in [0.2, 0.25) is 0 Å². The van der Waals surface area contributed by atoms with Crippen LogP contribution < -0.4 is 5.32 Å². The van der Waals surface area contributed by atoms with Gasteiger partial charge in [-0.05, 0) is 36.5 Å². The molecule has 1 heterocycles. The fraction of sp³-hybridized carbons (Fsp3) is 1.00. The molecule has 1 aliphatic heterocycles. The van der Waals surface area contributed by atoms with Gasteiger partial charge in [-0.3, -0.25) is 0 Å². The average Bonchev–Trinajstić information content (AvgIpc) is 2.30. The second-order valence-corrected chi connectivity index (χ2v) is 8.16. The summed E-state index contributed by atoms with van der Waals surface area (Å²) in [5.41, 5.74) is 0.401. The highest BCUT2D eigenvalue weighted by Gasteiger charge is 2.29. The maximum Gasteiger partial charge on any atom is 0.0198 e. The van der Waals surface area contributed by atoms with Gasteiger partial charge in [-0.15, -0.1) is 0 Å². The topological polar surface area (TPSA) is 15.3 Å². The maximum absolute atomic E-state index is 3.82. The van der Waals surface area contributed by atoms with Gasteiger partial charge in [-0.2, -0.15) is 0 Å². The molecule has 19 heavy (non-hydrogen) atoms. The van der Waals surface area contributed by atoms with Crippen molar-refractivity contribution < 1.29 is 0 Å². The van der Waals surface area contributed by atoms with E-state index in [1.54, 1.807) is 0 Å². The van der Waals surface area contributed by atoms with E-state index in [1.807, 2.05) is 0 Å². The number of nitrogens with one attached hydrogen (secondary N) is 1. The Morgan fingerprint density at radius 1 is 1.11 bits per heavy atom. The molecule has 2 fully saturated rings. The molecular weight excluding hydrogens is 232 g/mol. The van der Waals surface area contributed by atoms with Gasteiger partial charge in [0.05, 0.1) is 0 Å². The summed E-state index contributed by atoms with van der Waals surface area (Å²) in [7, 11) is 0. The maximum atomic E-state index is 3.82. The van der Waals surface area contributed by atoms with Crippen molar-refractivity contribution in [3.05, 3.63) is 0 Å². The van der Waals surface area contributed by atoms with Crippen LogP contribution in [0.3, 0.4) is 0 Å². The molecule has 0 bridgehead atoms. The Balaban J connectivity index is 1.80. The molecule has 1 aliphatic carbocycles. The lowest BCUT2D eigenvalue weighted by Gasteiger charge is -2.41. The molecule has 1 saturated carbocycles. The van der Waals surface area contributed by atoms with Crippen molar-refractivity contribution in [2.75, 3.05) is 26.2 Å². The van der Waals surface area contributed by atoms with E-state index in [0.29, 0.717) is 5.41 Å². The minimum absolute atomic E-state index is 0.401. The highest BCUT2D eigenvalue weighted by molar-refractivity contribution is 4.86. The summed E-state index contributed by atoms with van der Waals surface area (Å²) in [4.78, 5) is 2.75. The minimum Gasteiger partial charge on any atom is -0.312 e. The molecule has 0 aromatic rings. The van der Waals surface area contributed by atoms with Gasteiger partial charge < -0.3 is 10.2 Å². The molecule has 2 unspecified atom stereocenters. The minimum atomic E-state index is 0.401. The van der Waals surface area contributed by atoms with Gasteiger partial charge in [0.1, 0.15) is 0 Å². The van der Waals surface area contributed by atoms with E-state index in [1.165, 1.54) is 51.7 Å². The molecule has 2 rings (SSSR count). The van der Waals surface area contributed by atoms with Crippen LogP contribution in [0.15, 0.2) is 0 Å². The van der Waals surface area contributed by atoms with Gasteiger partial charge in [0, 0.05) is 32.2 Å². The lowest BCUT2D eigenvalue weighted by Crippen LogP contribution is -2.52. The highest BCUT2D eigenvalue weighted by Crippen LogP contribution is 2.29. The Labute approximate surface area is 120 Å². The fourth-order valence-corrected chi connectivity index (χ4v) is 3.39. The molecule has 0 aromatic carbocycles. The smallest absolute Gasteiger partial charge is 0.0198 e. The van der Waals surface area contributed by atoms with Crippen LogP contribution in [0, 0.1) is 17.3 Å².